The zero-order valence-corrected chi connectivity index (χ0v) is 13.0. The molecule has 0 bridgehead atoms. The highest BCUT2D eigenvalue weighted by molar-refractivity contribution is 5.76. The molecule has 0 radical (unpaired) electrons. The Hall–Kier alpha value is -1.18. The molecule has 0 saturated carbocycles. The van der Waals surface area contributed by atoms with Crippen LogP contribution in [0.3, 0.4) is 0 Å². The van der Waals surface area contributed by atoms with E-state index in [2.05, 4.69) is 0 Å². The van der Waals surface area contributed by atoms with Crippen LogP contribution < -0.4 is 17.2 Å². The highest BCUT2D eigenvalue weighted by Gasteiger charge is 2.27. The van der Waals surface area contributed by atoms with Gasteiger partial charge < -0.3 is 27.0 Å². The number of rotatable bonds is 11. The molecule has 0 aliphatic heterocycles. The quantitative estimate of drug-likeness (QED) is 0.315. The van der Waals surface area contributed by atoms with Crippen LogP contribution in [0.5, 0.6) is 0 Å². The molecule has 0 aromatic heterocycles. The van der Waals surface area contributed by atoms with Gasteiger partial charge in [-0.25, -0.2) is 0 Å². The van der Waals surface area contributed by atoms with Gasteiger partial charge >= 0.3 is 11.9 Å². The summed E-state index contributed by atoms with van der Waals surface area (Å²) in [5, 5.41) is 8.90. The predicted molar refractivity (Wildman–Crippen MR) is 80.4 cm³/mol. The Morgan fingerprint density at radius 3 is 2.29 bits per heavy atom. The molecular formula is C14H29N3O4. The summed E-state index contributed by atoms with van der Waals surface area (Å²) in [4.78, 5) is 22.8. The average Bonchev–Trinajstić information content (AvgIpc) is 2.36. The monoisotopic (exact) mass is 303 g/mol. The van der Waals surface area contributed by atoms with Crippen LogP contribution in [0.2, 0.25) is 0 Å². The largest absolute Gasteiger partial charge is 0.481 e. The van der Waals surface area contributed by atoms with Crippen LogP contribution in [0, 0.1) is 5.92 Å². The molecule has 0 unspecified atom stereocenters. The van der Waals surface area contributed by atoms with Crippen molar-refractivity contribution in [3.8, 4) is 0 Å². The number of aliphatic carboxylic acids is 1. The summed E-state index contributed by atoms with van der Waals surface area (Å²) < 4.78 is 5.22. The Bertz CT molecular complexity index is 323. The fraction of sp³-hybridized carbons (Fsp3) is 0.857. The van der Waals surface area contributed by atoms with E-state index in [1.165, 1.54) is 0 Å². The number of esters is 1. The number of nitrogens with two attached hydrogens (primary N) is 3. The third-order valence-electron chi connectivity index (χ3n) is 3.14. The summed E-state index contributed by atoms with van der Waals surface area (Å²) in [7, 11) is 0. The molecule has 0 aromatic carbocycles. The van der Waals surface area contributed by atoms with Gasteiger partial charge in [-0.15, -0.1) is 0 Å². The van der Waals surface area contributed by atoms with Crippen molar-refractivity contribution in [1.29, 1.82) is 0 Å². The number of unbranched alkanes of at least 4 members (excludes halogenated alkanes) is 1. The maximum atomic E-state index is 11.9. The molecule has 7 heteroatoms. The van der Waals surface area contributed by atoms with Gasteiger partial charge in [0.15, 0.2) is 0 Å². The van der Waals surface area contributed by atoms with Crippen molar-refractivity contribution >= 4 is 11.9 Å². The van der Waals surface area contributed by atoms with Crippen LogP contribution in [-0.4, -0.2) is 41.8 Å². The molecule has 0 aliphatic rings. The molecule has 0 spiro atoms. The van der Waals surface area contributed by atoms with Crippen LogP contribution in [0.4, 0.5) is 0 Å². The van der Waals surface area contributed by atoms with Crippen LogP contribution in [0.1, 0.15) is 46.0 Å². The van der Waals surface area contributed by atoms with Gasteiger partial charge in [0.1, 0.15) is 12.1 Å². The summed E-state index contributed by atoms with van der Waals surface area (Å²) >= 11 is 0. The molecule has 3 atom stereocenters. The molecule has 0 aromatic rings. The van der Waals surface area contributed by atoms with E-state index < -0.39 is 30.1 Å². The van der Waals surface area contributed by atoms with Crippen LogP contribution in [0.25, 0.3) is 0 Å². The lowest BCUT2D eigenvalue weighted by Crippen LogP contribution is -2.44. The summed E-state index contributed by atoms with van der Waals surface area (Å²) in [6.45, 7) is 4.48. The Balaban J connectivity index is 4.50. The van der Waals surface area contributed by atoms with Crippen LogP contribution in [0.15, 0.2) is 0 Å². The molecule has 0 fully saturated rings. The van der Waals surface area contributed by atoms with Gasteiger partial charge in [-0.1, -0.05) is 20.3 Å². The molecule has 7 N–H and O–H groups in total. The number of carboxylic acids is 1. The molecule has 0 heterocycles. The van der Waals surface area contributed by atoms with E-state index in [1.807, 2.05) is 13.8 Å². The topological polar surface area (TPSA) is 142 Å². The summed E-state index contributed by atoms with van der Waals surface area (Å²) in [6.07, 6.45) is 1.40. The smallest absolute Gasteiger partial charge is 0.323 e. The van der Waals surface area contributed by atoms with Crippen LogP contribution >= 0.6 is 0 Å². The van der Waals surface area contributed by atoms with E-state index in [9.17, 15) is 9.59 Å². The number of ether oxygens (including phenoxy) is 1. The van der Waals surface area contributed by atoms with Gasteiger partial charge in [0.2, 0.25) is 0 Å². The van der Waals surface area contributed by atoms with E-state index in [0.717, 1.165) is 12.8 Å². The molecular weight excluding hydrogens is 274 g/mol. The van der Waals surface area contributed by atoms with Gasteiger partial charge in [-0.3, -0.25) is 9.59 Å². The number of hydrogen-bond acceptors (Lipinski definition) is 6. The van der Waals surface area contributed by atoms with Crippen LogP contribution in [-0.2, 0) is 14.3 Å². The lowest BCUT2D eigenvalue weighted by molar-refractivity contribution is -0.155. The van der Waals surface area contributed by atoms with Crippen molar-refractivity contribution in [2.45, 2.75) is 64.1 Å². The third kappa shape index (κ3) is 9.38. The van der Waals surface area contributed by atoms with E-state index in [1.54, 1.807) is 0 Å². The van der Waals surface area contributed by atoms with Crippen molar-refractivity contribution in [3.63, 3.8) is 0 Å². The number of carboxylic acid groups (broad SMARTS) is 1. The highest BCUT2D eigenvalue weighted by Crippen LogP contribution is 2.13. The molecule has 0 saturated heterocycles. The van der Waals surface area contributed by atoms with E-state index >= 15 is 0 Å². The second-order valence-electron chi connectivity index (χ2n) is 5.76. The first kappa shape index (κ1) is 19.8. The van der Waals surface area contributed by atoms with Gasteiger partial charge in [0.25, 0.3) is 0 Å². The standard InChI is InChI=1S/C14H29N3O4/c1-9(2)7-11(17)12(8-13(18)19)21-14(20)10(16)5-3-4-6-15/h9-12H,3-8,15-17H2,1-2H3,(H,18,19)/t10-,11-,12-/m0/s1. The van der Waals surface area contributed by atoms with E-state index in [0.29, 0.717) is 19.4 Å². The van der Waals surface area contributed by atoms with E-state index in [-0.39, 0.29) is 12.3 Å². The predicted octanol–water partition coefficient (Wildman–Crippen LogP) is 0.203. The third-order valence-corrected chi connectivity index (χ3v) is 3.14. The Morgan fingerprint density at radius 1 is 1.19 bits per heavy atom. The molecule has 124 valence electrons. The first-order valence-corrected chi connectivity index (χ1v) is 7.41. The lowest BCUT2D eigenvalue weighted by atomic mass is 9.98. The fourth-order valence-corrected chi connectivity index (χ4v) is 2.01. The van der Waals surface area contributed by atoms with Gasteiger partial charge in [0, 0.05) is 6.04 Å². The Morgan fingerprint density at radius 2 is 1.81 bits per heavy atom. The first-order chi connectivity index (χ1) is 9.77. The van der Waals surface area contributed by atoms with Crippen molar-refractivity contribution in [1.82, 2.24) is 0 Å². The van der Waals surface area contributed by atoms with Gasteiger partial charge in [0.05, 0.1) is 6.42 Å². The van der Waals surface area contributed by atoms with Crippen molar-refractivity contribution in [2.24, 2.45) is 23.1 Å². The van der Waals surface area contributed by atoms with E-state index in [4.69, 9.17) is 27.0 Å². The van der Waals surface area contributed by atoms with Crippen molar-refractivity contribution in [2.75, 3.05) is 6.54 Å². The summed E-state index contributed by atoms with van der Waals surface area (Å²) in [5.74, 6) is -1.37. The maximum absolute atomic E-state index is 11.9. The average molecular weight is 303 g/mol. The zero-order valence-electron chi connectivity index (χ0n) is 13.0. The Kier molecular flexibility index (Phi) is 9.94. The van der Waals surface area contributed by atoms with Crippen molar-refractivity contribution < 1.29 is 19.4 Å². The first-order valence-electron chi connectivity index (χ1n) is 7.41. The molecule has 0 aliphatic carbocycles. The SMILES string of the molecule is CC(C)C[C@H](N)[C@H](CC(=O)O)OC(=O)[C@@H](N)CCCCN. The highest BCUT2D eigenvalue weighted by atomic mass is 16.5. The number of carbonyl (C=O) groups excluding carboxylic acids is 1. The molecule has 0 amide bonds. The Labute approximate surface area is 126 Å². The summed E-state index contributed by atoms with van der Waals surface area (Å²) in [5.41, 5.74) is 17.0. The summed E-state index contributed by atoms with van der Waals surface area (Å²) in [6, 6.07) is -1.28. The number of hydrogen-bond donors (Lipinski definition) is 4. The molecule has 7 nitrogen and oxygen atoms in total. The zero-order chi connectivity index (χ0) is 16.4. The lowest BCUT2D eigenvalue weighted by Gasteiger charge is -2.25. The van der Waals surface area contributed by atoms with Crippen molar-refractivity contribution in [3.05, 3.63) is 0 Å². The molecule has 21 heavy (non-hydrogen) atoms. The minimum atomic E-state index is -1.05. The second kappa shape index (κ2) is 10.5. The minimum Gasteiger partial charge on any atom is -0.481 e. The maximum Gasteiger partial charge on any atom is 0.323 e. The molecule has 0 rings (SSSR count). The number of carbonyl (C=O) groups is 2. The normalized spacial score (nSPS) is 15.5. The fourth-order valence-electron chi connectivity index (χ4n) is 2.01. The minimum absolute atomic E-state index is 0.285. The van der Waals surface area contributed by atoms with Gasteiger partial charge in [-0.2, -0.15) is 0 Å². The second-order valence-corrected chi connectivity index (χ2v) is 5.76. The van der Waals surface area contributed by atoms with Gasteiger partial charge in [-0.05, 0) is 31.7 Å².